The molecule has 1 N–H and O–H groups in total. The van der Waals surface area contributed by atoms with Gasteiger partial charge in [0.25, 0.3) is 5.91 Å². The van der Waals surface area contributed by atoms with Crippen LogP contribution in [0.2, 0.25) is 0 Å². The molecule has 132 valence electrons. The van der Waals surface area contributed by atoms with Gasteiger partial charge < -0.3 is 10.1 Å². The average Bonchev–Trinajstić information content (AvgIpc) is 3.27. The quantitative estimate of drug-likeness (QED) is 0.927. The Morgan fingerprint density at radius 1 is 1.20 bits per heavy atom. The summed E-state index contributed by atoms with van der Waals surface area (Å²) in [6.45, 7) is 2.23. The van der Waals surface area contributed by atoms with Crippen molar-refractivity contribution in [3.8, 4) is 11.4 Å². The summed E-state index contributed by atoms with van der Waals surface area (Å²) in [4.78, 5) is 15.3. The summed E-state index contributed by atoms with van der Waals surface area (Å²) in [5.41, 5.74) is 1.25. The second-order valence-electron chi connectivity index (χ2n) is 6.79. The van der Waals surface area contributed by atoms with Gasteiger partial charge in [-0.3, -0.25) is 9.69 Å². The number of aromatic nitrogens is 2. The molecule has 1 amide bonds. The van der Waals surface area contributed by atoms with Gasteiger partial charge in [-0.2, -0.15) is 5.10 Å². The van der Waals surface area contributed by atoms with E-state index >= 15 is 0 Å². The van der Waals surface area contributed by atoms with Crippen LogP contribution in [-0.4, -0.2) is 52.9 Å². The van der Waals surface area contributed by atoms with Crippen LogP contribution >= 0.6 is 0 Å². The predicted molar refractivity (Wildman–Crippen MR) is 95.2 cm³/mol. The van der Waals surface area contributed by atoms with Gasteiger partial charge in [0, 0.05) is 18.6 Å². The number of carbonyl (C=O) groups excluding carboxylic acids is 1. The maximum atomic E-state index is 12.8. The maximum absolute atomic E-state index is 12.8. The molecule has 6 nitrogen and oxygen atoms in total. The van der Waals surface area contributed by atoms with E-state index in [0.717, 1.165) is 25.2 Å². The van der Waals surface area contributed by atoms with Crippen LogP contribution < -0.4 is 10.1 Å². The summed E-state index contributed by atoms with van der Waals surface area (Å²) in [5, 5.41) is 7.66. The van der Waals surface area contributed by atoms with Crippen LogP contribution in [0.25, 0.3) is 5.69 Å². The van der Waals surface area contributed by atoms with E-state index in [0.29, 0.717) is 17.5 Å². The molecule has 2 fully saturated rings. The molecular weight excluding hydrogens is 316 g/mol. The molecule has 2 atom stereocenters. The summed E-state index contributed by atoms with van der Waals surface area (Å²) in [6.07, 6.45) is 6.45. The molecule has 2 aromatic rings. The van der Waals surface area contributed by atoms with Crippen LogP contribution in [0.5, 0.6) is 5.75 Å². The fraction of sp³-hybridized carbons (Fsp3) is 0.474. The van der Waals surface area contributed by atoms with E-state index < -0.39 is 0 Å². The lowest BCUT2D eigenvalue weighted by Gasteiger charge is -2.32. The molecule has 0 unspecified atom stereocenters. The van der Waals surface area contributed by atoms with E-state index in [2.05, 4.69) is 15.3 Å². The van der Waals surface area contributed by atoms with Crippen LogP contribution in [0.15, 0.2) is 36.5 Å². The number of methoxy groups -OCH3 is 1. The highest BCUT2D eigenvalue weighted by molar-refractivity contribution is 5.95. The number of rotatable bonds is 4. The monoisotopic (exact) mass is 340 g/mol. The molecule has 0 saturated carbocycles. The standard InChI is InChI=1S/C19H24N4O2/c1-25-17-13-23(14-7-3-2-4-8-14)21-18(17)19(24)20-15-10-12-22-11-6-5-9-16(15)22/h2-4,7-8,13,15-16H,5-6,9-12H2,1H3,(H,20,24)/t15-,16-/m1/s1. The SMILES string of the molecule is COc1cn(-c2ccccc2)nc1C(=O)N[C@@H]1CCN2CCCC[C@H]12. The largest absolute Gasteiger partial charge is 0.493 e. The molecule has 1 aromatic carbocycles. The molecule has 3 heterocycles. The van der Waals surface area contributed by atoms with Crippen molar-refractivity contribution in [3.05, 3.63) is 42.2 Å². The Morgan fingerprint density at radius 3 is 2.84 bits per heavy atom. The number of benzene rings is 1. The first-order chi connectivity index (χ1) is 12.3. The number of para-hydroxylation sites is 1. The number of piperidine rings is 1. The van der Waals surface area contributed by atoms with Crippen molar-refractivity contribution in [2.45, 2.75) is 37.8 Å². The Kier molecular flexibility index (Phi) is 4.44. The number of nitrogens with one attached hydrogen (secondary N) is 1. The summed E-state index contributed by atoms with van der Waals surface area (Å²) in [5.74, 6) is 0.351. The van der Waals surface area contributed by atoms with Crippen LogP contribution in [0.4, 0.5) is 0 Å². The molecule has 2 aliphatic heterocycles. The number of hydrogen-bond acceptors (Lipinski definition) is 4. The van der Waals surface area contributed by atoms with E-state index in [9.17, 15) is 4.79 Å². The fourth-order valence-corrected chi connectivity index (χ4v) is 4.03. The minimum atomic E-state index is -0.149. The lowest BCUT2D eigenvalue weighted by Crippen LogP contribution is -2.46. The van der Waals surface area contributed by atoms with Crippen LogP contribution in [0.1, 0.15) is 36.2 Å². The van der Waals surface area contributed by atoms with Gasteiger partial charge >= 0.3 is 0 Å². The Hall–Kier alpha value is -2.34. The number of hydrogen-bond donors (Lipinski definition) is 1. The molecule has 6 heteroatoms. The van der Waals surface area contributed by atoms with Crippen molar-refractivity contribution in [2.24, 2.45) is 0 Å². The van der Waals surface area contributed by atoms with Crippen molar-refractivity contribution < 1.29 is 9.53 Å². The second kappa shape index (κ2) is 6.88. The van der Waals surface area contributed by atoms with Crippen molar-refractivity contribution >= 4 is 5.91 Å². The number of fused-ring (bicyclic) bond motifs is 1. The third-order valence-corrected chi connectivity index (χ3v) is 5.31. The number of ether oxygens (including phenoxy) is 1. The van der Waals surface area contributed by atoms with Crippen LogP contribution in [0.3, 0.4) is 0 Å². The first-order valence-electron chi connectivity index (χ1n) is 9.00. The van der Waals surface area contributed by atoms with E-state index in [1.54, 1.807) is 18.0 Å². The summed E-state index contributed by atoms with van der Waals surface area (Å²) < 4.78 is 7.07. The normalized spacial score (nSPS) is 23.2. The smallest absolute Gasteiger partial charge is 0.275 e. The van der Waals surface area contributed by atoms with Crippen LogP contribution in [0, 0.1) is 0 Å². The van der Waals surface area contributed by atoms with Gasteiger partial charge in [0.2, 0.25) is 0 Å². The number of amides is 1. The predicted octanol–water partition coefficient (Wildman–Crippen LogP) is 2.24. The minimum Gasteiger partial charge on any atom is -0.493 e. The number of carbonyl (C=O) groups is 1. The van der Waals surface area contributed by atoms with Crippen LogP contribution in [-0.2, 0) is 0 Å². The topological polar surface area (TPSA) is 59.4 Å². The molecule has 0 radical (unpaired) electrons. The average molecular weight is 340 g/mol. The zero-order valence-electron chi connectivity index (χ0n) is 14.5. The highest BCUT2D eigenvalue weighted by atomic mass is 16.5. The van der Waals surface area contributed by atoms with Crippen molar-refractivity contribution in [2.75, 3.05) is 20.2 Å². The first-order valence-corrected chi connectivity index (χ1v) is 9.00. The Bertz CT molecular complexity index is 743. The van der Waals surface area contributed by atoms with E-state index in [-0.39, 0.29) is 11.9 Å². The molecule has 2 saturated heterocycles. The molecular formula is C19H24N4O2. The molecule has 1 aromatic heterocycles. The third-order valence-electron chi connectivity index (χ3n) is 5.31. The molecule has 0 spiro atoms. The lowest BCUT2D eigenvalue weighted by atomic mass is 9.99. The highest BCUT2D eigenvalue weighted by Gasteiger charge is 2.37. The molecule has 4 rings (SSSR count). The van der Waals surface area contributed by atoms with E-state index in [4.69, 9.17) is 4.74 Å². The Labute approximate surface area is 147 Å². The number of nitrogens with zero attached hydrogens (tertiary/aromatic N) is 3. The molecule has 0 aliphatic carbocycles. The molecule has 25 heavy (non-hydrogen) atoms. The van der Waals surface area contributed by atoms with Gasteiger partial charge in [-0.05, 0) is 37.9 Å². The molecule has 0 bridgehead atoms. The summed E-state index contributed by atoms with van der Waals surface area (Å²) >= 11 is 0. The summed E-state index contributed by atoms with van der Waals surface area (Å²) in [7, 11) is 1.57. The first kappa shape index (κ1) is 16.1. The van der Waals surface area contributed by atoms with Crippen molar-refractivity contribution in [3.63, 3.8) is 0 Å². The highest BCUT2D eigenvalue weighted by Crippen LogP contribution is 2.28. The zero-order chi connectivity index (χ0) is 17.2. The second-order valence-corrected chi connectivity index (χ2v) is 6.79. The van der Waals surface area contributed by atoms with Gasteiger partial charge in [-0.1, -0.05) is 24.6 Å². The van der Waals surface area contributed by atoms with Gasteiger partial charge in [-0.25, -0.2) is 4.68 Å². The van der Waals surface area contributed by atoms with E-state index in [1.807, 2.05) is 30.3 Å². The van der Waals surface area contributed by atoms with E-state index in [1.165, 1.54) is 19.3 Å². The Morgan fingerprint density at radius 2 is 2.04 bits per heavy atom. The van der Waals surface area contributed by atoms with Crippen molar-refractivity contribution in [1.82, 2.24) is 20.0 Å². The van der Waals surface area contributed by atoms with Gasteiger partial charge in [0.05, 0.1) is 19.0 Å². The maximum Gasteiger partial charge on any atom is 0.275 e. The van der Waals surface area contributed by atoms with Crippen molar-refractivity contribution in [1.29, 1.82) is 0 Å². The summed E-state index contributed by atoms with van der Waals surface area (Å²) in [6, 6.07) is 10.4. The third kappa shape index (κ3) is 3.14. The molecule has 2 aliphatic rings. The van der Waals surface area contributed by atoms with Gasteiger partial charge in [-0.15, -0.1) is 0 Å². The zero-order valence-corrected chi connectivity index (χ0v) is 14.5. The fourth-order valence-electron chi connectivity index (χ4n) is 4.03. The Balaban J connectivity index is 1.53. The minimum absolute atomic E-state index is 0.149. The van der Waals surface area contributed by atoms with Gasteiger partial charge in [0.15, 0.2) is 11.4 Å². The van der Waals surface area contributed by atoms with Gasteiger partial charge in [0.1, 0.15) is 0 Å². The lowest BCUT2D eigenvalue weighted by molar-refractivity contribution is 0.0907.